The minimum absolute atomic E-state index is 0.167. The fraction of sp³-hybridized carbons (Fsp3) is 0.286. The van der Waals surface area contributed by atoms with Crippen LogP contribution in [0, 0.1) is 6.92 Å². The number of rotatable bonds is 7. The molecule has 0 saturated heterocycles. The van der Waals surface area contributed by atoms with Crippen molar-refractivity contribution < 1.29 is 28.6 Å². The summed E-state index contributed by atoms with van der Waals surface area (Å²) in [7, 11) is 7.54. The number of thiophene rings is 1. The van der Waals surface area contributed by atoms with E-state index in [-0.39, 0.29) is 16.5 Å². The Morgan fingerprint density at radius 1 is 1.07 bits per heavy atom. The highest BCUT2D eigenvalue weighted by atomic mass is 32.1. The number of anilines is 1. The van der Waals surface area contributed by atoms with Crippen LogP contribution in [0.5, 0.6) is 11.5 Å². The van der Waals surface area contributed by atoms with Crippen molar-refractivity contribution in [3.05, 3.63) is 45.8 Å². The number of carbonyl (C=O) groups is 3. The Hall–Kier alpha value is -3.33. The molecule has 1 heterocycles. The number of ether oxygens (including phenoxy) is 3. The molecule has 2 amide bonds. The van der Waals surface area contributed by atoms with Crippen molar-refractivity contribution in [3.63, 3.8) is 0 Å². The minimum Gasteiger partial charge on any atom is -0.493 e. The summed E-state index contributed by atoms with van der Waals surface area (Å²) in [6, 6.07) is 5.23. The molecule has 1 N–H and O–H groups in total. The largest absolute Gasteiger partial charge is 0.493 e. The Kier molecular flexibility index (Phi) is 7.60. The standard InChI is InChI=1S/C21H24N2O6S/c1-12-17(21(26)29-6)19(30-18(12)20(25)23(2)3)22-16(24)10-8-13-7-9-14(27-4)15(11-13)28-5/h7-11H,1-6H3,(H,22,24)/b10-8-. The predicted molar refractivity (Wildman–Crippen MR) is 116 cm³/mol. The van der Waals surface area contributed by atoms with E-state index in [1.165, 1.54) is 32.3 Å². The second kappa shape index (κ2) is 9.93. The van der Waals surface area contributed by atoms with Crippen LogP contribution in [-0.4, -0.2) is 58.1 Å². The molecule has 0 atom stereocenters. The summed E-state index contributed by atoms with van der Waals surface area (Å²) >= 11 is 1.03. The fourth-order valence-corrected chi connectivity index (χ4v) is 3.86. The molecule has 0 aliphatic rings. The molecule has 0 bridgehead atoms. The van der Waals surface area contributed by atoms with Gasteiger partial charge in [0.2, 0.25) is 5.91 Å². The molecule has 1 aromatic heterocycles. The topological polar surface area (TPSA) is 94.2 Å². The molecule has 9 heteroatoms. The highest BCUT2D eigenvalue weighted by Gasteiger charge is 2.26. The van der Waals surface area contributed by atoms with Crippen molar-refractivity contribution in [2.45, 2.75) is 6.92 Å². The highest BCUT2D eigenvalue weighted by molar-refractivity contribution is 7.18. The van der Waals surface area contributed by atoms with Crippen molar-refractivity contribution in [3.8, 4) is 11.5 Å². The first-order chi connectivity index (χ1) is 14.2. The molecule has 0 aliphatic heterocycles. The number of methoxy groups -OCH3 is 3. The minimum atomic E-state index is -0.624. The number of nitrogens with zero attached hydrogens (tertiary/aromatic N) is 1. The third-order valence-corrected chi connectivity index (χ3v) is 5.40. The lowest BCUT2D eigenvalue weighted by Gasteiger charge is -2.08. The number of nitrogens with one attached hydrogen (secondary N) is 1. The zero-order chi connectivity index (χ0) is 22.4. The van der Waals surface area contributed by atoms with Gasteiger partial charge in [0.25, 0.3) is 5.91 Å². The maximum atomic E-state index is 12.5. The Balaban J connectivity index is 2.29. The highest BCUT2D eigenvalue weighted by Crippen LogP contribution is 2.34. The van der Waals surface area contributed by atoms with Gasteiger partial charge in [0.05, 0.1) is 31.8 Å². The normalized spacial score (nSPS) is 10.6. The SMILES string of the molecule is COC(=O)c1c(NC(=O)/C=C\c2ccc(OC)c(OC)c2)sc(C(=O)N(C)C)c1C. The third kappa shape index (κ3) is 4.98. The Bertz CT molecular complexity index is 994. The second-order valence-electron chi connectivity index (χ2n) is 6.39. The molecule has 0 fully saturated rings. The summed E-state index contributed by atoms with van der Waals surface area (Å²) in [5, 5.41) is 2.92. The van der Waals surface area contributed by atoms with Crippen LogP contribution in [0.25, 0.3) is 6.08 Å². The molecule has 0 aliphatic carbocycles. The zero-order valence-corrected chi connectivity index (χ0v) is 18.5. The molecule has 0 saturated carbocycles. The monoisotopic (exact) mass is 432 g/mol. The van der Waals surface area contributed by atoms with Crippen LogP contribution in [-0.2, 0) is 9.53 Å². The van der Waals surface area contributed by atoms with Crippen molar-refractivity contribution in [2.75, 3.05) is 40.7 Å². The number of amides is 2. The number of hydrogen-bond acceptors (Lipinski definition) is 7. The summed E-state index contributed by atoms with van der Waals surface area (Å²) in [5.41, 5.74) is 1.35. The third-order valence-electron chi connectivity index (χ3n) is 4.21. The Labute approximate surface area is 179 Å². The van der Waals surface area contributed by atoms with Crippen LogP contribution >= 0.6 is 11.3 Å². The molecule has 0 spiro atoms. The van der Waals surface area contributed by atoms with Crippen molar-refractivity contribution in [2.24, 2.45) is 0 Å². The first kappa shape index (κ1) is 23.0. The first-order valence-electron chi connectivity index (χ1n) is 8.87. The van der Waals surface area contributed by atoms with Gasteiger partial charge in [0, 0.05) is 20.2 Å². The number of benzene rings is 1. The lowest BCUT2D eigenvalue weighted by molar-refractivity contribution is -0.111. The van der Waals surface area contributed by atoms with Crippen molar-refractivity contribution >= 4 is 40.2 Å². The van der Waals surface area contributed by atoms with Gasteiger partial charge in [0.1, 0.15) is 5.00 Å². The molecule has 8 nitrogen and oxygen atoms in total. The van der Waals surface area contributed by atoms with Gasteiger partial charge in [-0.25, -0.2) is 4.79 Å². The first-order valence-corrected chi connectivity index (χ1v) is 9.69. The van der Waals surface area contributed by atoms with E-state index in [1.807, 2.05) is 0 Å². The lowest BCUT2D eigenvalue weighted by Crippen LogP contribution is -2.21. The Morgan fingerprint density at radius 2 is 1.73 bits per heavy atom. The van der Waals surface area contributed by atoms with E-state index < -0.39 is 11.9 Å². The number of hydrogen-bond donors (Lipinski definition) is 1. The summed E-state index contributed by atoms with van der Waals surface area (Å²) in [5.74, 6) is -0.229. The zero-order valence-electron chi connectivity index (χ0n) is 17.7. The van der Waals surface area contributed by atoms with Gasteiger partial charge in [-0.05, 0) is 36.3 Å². The van der Waals surface area contributed by atoms with Gasteiger partial charge in [-0.15, -0.1) is 11.3 Å². The molecule has 1 aromatic carbocycles. The van der Waals surface area contributed by atoms with E-state index in [4.69, 9.17) is 14.2 Å². The molecule has 2 rings (SSSR count). The molecule has 30 heavy (non-hydrogen) atoms. The van der Waals surface area contributed by atoms with Crippen LogP contribution < -0.4 is 14.8 Å². The maximum absolute atomic E-state index is 12.5. The molecule has 0 radical (unpaired) electrons. The van der Waals surface area contributed by atoms with E-state index in [0.717, 1.165) is 16.9 Å². The van der Waals surface area contributed by atoms with Crippen molar-refractivity contribution in [1.82, 2.24) is 4.90 Å². The van der Waals surface area contributed by atoms with Crippen LogP contribution in [0.2, 0.25) is 0 Å². The van der Waals surface area contributed by atoms with Gasteiger partial charge in [0.15, 0.2) is 11.5 Å². The van der Waals surface area contributed by atoms with Crippen LogP contribution in [0.15, 0.2) is 24.3 Å². The molecule has 2 aromatic rings. The van der Waals surface area contributed by atoms with Crippen LogP contribution in [0.3, 0.4) is 0 Å². The quantitative estimate of drug-likeness (QED) is 0.533. The maximum Gasteiger partial charge on any atom is 0.341 e. The summed E-state index contributed by atoms with van der Waals surface area (Å²) in [6.45, 7) is 1.65. The predicted octanol–water partition coefficient (Wildman–Crippen LogP) is 3.21. The fourth-order valence-electron chi connectivity index (χ4n) is 2.64. The van der Waals surface area contributed by atoms with Gasteiger partial charge < -0.3 is 24.4 Å². The molecule has 0 unspecified atom stereocenters. The average Bonchev–Trinajstić information content (AvgIpc) is 3.06. The van der Waals surface area contributed by atoms with Gasteiger partial charge >= 0.3 is 5.97 Å². The molecular formula is C21H24N2O6S. The van der Waals surface area contributed by atoms with Crippen LogP contribution in [0.4, 0.5) is 5.00 Å². The van der Waals surface area contributed by atoms with E-state index >= 15 is 0 Å². The molecule has 160 valence electrons. The van der Waals surface area contributed by atoms with Gasteiger partial charge in [-0.3, -0.25) is 9.59 Å². The summed E-state index contributed by atoms with van der Waals surface area (Å²) in [4.78, 5) is 38.8. The van der Waals surface area contributed by atoms with Crippen molar-refractivity contribution in [1.29, 1.82) is 0 Å². The van der Waals surface area contributed by atoms with Gasteiger partial charge in [-0.2, -0.15) is 0 Å². The van der Waals surface area contributed by atoms with Gasteiger partial charge in [-0.1, -0.05) is 6.07 Å². The Morgan fingerprint density at radius 3 is 2.30 bits per heavy atom. The lowest BCUT2D eigenvalue weighted by atomic mass is 10.1. The summed E-state index contributed by atoms with van der Waals surface area (Å²) < 4.78 is 15.3. The van der Waals surface area contributed by atoms with E-state index in [1.54, 1.807) is 45.3 Å². The smallest absolute Gasteiger partial charge is 0.341 e. The number of esters is 1. The summed E-state index contributed by atoms with van der Waals surface area (Å²) in [6.07, 6.45) is 2.92. The van der Waals surface area contributed by atoms with E-state index in [0.29, 0.717) is 21.9 Å². The van der Waals surface area contributed by atoms with E-state index in [9.17, 15) is 14.4 Å². The second-order valence-corrected chi connectivity index (χ2v) is 7.41. The average molecular weight is 432 g/mol. The van der Waals surface area contributed by atoms with E-state index in [2.05, 4.69) is 5.32 Å². The van der Waals surface area contributed by atoms with Crippen LogP contribution in [0.1, 0.15) is 31.2 Å². The molecular weight excluding hydrogens is 408 g/mol. The number of carbonyl (C=O) groups excluding carboxylic acids is 3.